The van der Waals surface area contributed by atoms with E-state index in [0.29, 0.717) is 6.54 Å². The summed E-state index contributed by atoms with van der Waals surface area (Å²) in [5.74, 6) is 0. The topological polar surface area (TPSA) is 29.3 Å². The number of thiazole rings is 1. The van der Waals surface area contributed by atoms with E-state index in [-0.39, 0.29) is 0 Å². The highest BCUT2D eigenvalue weighted by Gasteiger charge is 2.04. The Morgan fingerprint density at radius 3 is 3.17 bits per heavy atom. The second-order valence-electron chi connectivity index (χ2n) is 4.09. The molecular weight excluding hydrogens is 266 g/mol. The predicted octanol–water partition coefficient (Wildman–Crippen LogP) is 3.97. The molecule has 3 nitrogen and oxygen atoms in total. The Hall–Kier alpha value is -1.52. The smallest absolute Gasteiger partial charge is 0.193 e. The van der Waals surface area contributed by atoms with E-state index in [0.717, 1.165) is 26.9 Å². The molecule has 0 radical (unpaired) electrons. The van der Waals surface area contributed by atoms with Crippen LogP contribution < -0.4 is 5.32 Å². The predicted molar refractivity (Wildman–Crippen MR) is 76.6 cm³/mol. The minimum atomic E-state index is 0.704. The van der Waals surface area contributed by atoms with E-state index in [1.165, 1.54) is 0 Å². The Labute approximate surface area is 114 Å². The molecule has 0 spiro atoms. The van der Waals surface area contributed by atoms with Gasteiger partial charge >= 0.3 is 0 Å². The quantitative estimate of drug-likeness (QED) is 0.785. The van der Waals surface area contributed by atoms with Gasteiger partial charge in [-0.05, 0) is 24.6 Å². The number of fused-ring (bicyclic) bond motifs is 1. The first-order valence-electron chi connectivity index (χ1n) is 5.64. The highest BCUT2D eigenvalue weighted by Crippen LogP contribution is 2.23. The van der Waals surface area contributed by atoms with Crippen LogP contribution in [0.25, 0.3) is 4.96 Å². The lowest BCUT2D eigenvalue weighted by atomic mass is 10.2. The van der Waals surface area contributed by atoms with Gasteiger partial charge in [0, 0.05) is 28.5 Å². The molecule has 0 atom stereocenters. The van der Waals surface area contributed by atoms with E-state index in [9.17, 15) is 0 Å². The maximum absolute atomic E-state index is 6.08. The molecule has 0 aliphatic carbocycles. The van der Waals surface area contributed by atoms with Gasteiger partial charge in [0.25, 0.3) is 0 Å². The zero-order chi connectivity index (χ0) is 12.5. The van der Waals surface area contributed by atoms with Crippen LogP contribution in [0.3, 0.4) is 0 Å². The largest absolute Gasteiger partial charge is 0.379 e. The number of nitrogens with zero attached hydrogens (tertiary/aromatic N) is 2. The molecule has 3 aromatic rings. The highest BCUT2D eigenvalue weighted by molar-refractivity contribution is 7.15. The van der Waals surface area contributed by atoms with Gasteiger partial charge in [0.1, 0.15) is 0 Å². The molecule has 0 saturated heterocycles. The Balaban J connectivity index is 1.78. The number of halogens is 1. The first-order valence-corrected chi connectivity index (χ1v) is 6.90. The molecule has 92 valence electrons. The molecule has 2 aromatic heterocycles. The summed E-state index contributed by atoms with van der Waals surface area (Å²) in [6.07, 6.45) is 4.06. The van der Waals surface area contributed by atoms with Crippen molar-refractivity contribution in [1.82, 2.24) is 9.38 Å². The molecule has 0 aliphatic heterocycles. The summed E-state index contributed by atoms with van der Waals surface area (Å²) in [7, 11) is 0. The van der Waals surface area contributed by atoms with Crippen molar-refractivity contribution in [3.63, 3.8) is 0 Å². The zero-order valence-electron chi connectivity index (χ0n) is 9.85. The van der Waals surface area contributed by atoms with Crippen molar-refractivity contribution in [2.75, 3.05) is 5.32 Å². The van der Waals surface area contributed by atoms with Crippen LogP contribution in [0.4, 0.5) is 5.69 Å². The average molecular weight is 278 g/mol. The molecule has 2 heterocycles. The lowest BCUT2D eigenvalue weighted by molar-refractivity contribution is 1.07. The SMILES string of the molecule is Cc1c(Cl)cccc1NCc1cn2ccsc2n1. The van der Waals surface area contributed by atoms with E-state index in [1.807, 2.05) is 47.3 Å². The first-order chi connectivity index (χ1) is 8.74. The van der Waals surface area contributed by atoms with E-state index in [1.54, 1.807) is 11.3 Å². The van der Waals surface area contributed by atoms with Gasteiger partial charge in [-0.3, -0.25) is 4.40 Å². The summed E-state index contributed by atoms with van der Waals surface area (Å²) in [5, 5.41) is 6.18. The van der Waals surface area contributed by atoms with Crippen LogP contribution >= 0.6 is 22.9 Å². The summed E-state index contributed by atoms with van der Waals surface area (Å²) in [5.41, 5.74) is 3.15. The van der Waals surface area contributed by atoms with Crippen LogP contribution in [-0.2, 0) is 6.54 Å². The molecule has 3 rings (SSSR count). The number of nitrogens with one attached hydrogen (secondary N) is 1. The highest BCUT2D eigenvalue weighted by atomic mass is 35.5. The van der Waals surface area contributed by atoms with Crippen molar-refractivity contribution in [2.24, 2.45) is 0 Å². The Kier molecular flexibility index (Phi) is 2.97. The van der Waals surface area contributed by atoms with E-state index in [2.05, 4.69) is 10.3 Å². The number of aromatic nitrogens is 2. The molecule has 0 unspecified atom stereocenters. The van der Waals surface area contributed by atoms with Crippen molar-refractivity contribution in [3.8, 4) is 0 Å². The normalized spacial score (nSPS) is 11.0. The van der Waals surface area contributed by atoms with Gasteiger partial charge in [0.2, 0.25) is 0 Å². The second-order valence-corrected chi connectivity index (χ2v) is 5.37. The monoisotopic (exact) mass is 277 g/mol. The molecule has 1 N–H and O–H groups in total. The van der Waals surface area contributed by atoms with Crippen LogP contribution in [0.15, 0.2) is 36.0 Å². The Morgan fingerprint density at radius 1 is 1.44 bits per heavy atom. The summed E-state index contributed by atoms with van der Waals surface area (Å²) < 4.78 is 2.03. The van der Waals surface area contributed by atoms with E-state index < -0.39 is 0 Å². The molecule has 1 aromatic carbocycles. The van der Waals surface area contributed by atoms with Gasteiger partial charge < -0.3 is 5.32 Å². The third-order valence-corrected chi connectivity index (χ3v) is 4.05. The summed E-state index contributed by atoms with van der Waals surface area (Å²) >= 11 is 7.72. The van der Waals surface area contributed by atoms with Crippen LogP contribution in [0.2, 0.25) is 5.02 Å². The lowest BCUT2D eigenvalue weighted by Gasteiger charge is -2.08. The fourth-order valence-electron chi connectivity index (χ4n) is 1.85. The molecule has 18 heavy (non-hydrogen) atoms. The molecule has 0 bridgehead atoms. The molecule has 0 aliphatic rings. The molecule has 0 amide bonds. The van der Waals surface area contributed by atoms with E-state index in [4.69, 9.17) is 11.6 Å². The summed E-state index contributed by atoms with van der Waals surface area (Å²) in [4.78, 5) is 5.55. The van der Waals surface area contributed by atoms with Crippen molar-refractivity contribution in [2.45, 2.75) is 13.5 Å². The third kappa shape index (κ3) is 2.09. The molecule has 0 saturated carbocycles. The minimum absolute atomic E-state index is 0.704. The zero-order valence-corrected chi connectivity index (χ0v) is 11.4. The maximum Gasteiger partial charge on any atom is 0.193 e. The van der Waals surface area contributed by atoms with Crippen molar-refractivity contribution in [3.05, 3.63) is 52.3 Å². The second kappa shape index (κ2) is 4.63. The van der Waals surface area contributed by atoms with Gasteiger partial charge in [0.05, 0.1) is 12.2 Å². The van der Waals surface area contributed by atoms with Crippen molar-refractivity contribution in [1.29, 1.82) is 0 Å². The number of hydrogen-bond acceptors (Lipinski definition) is 3. The number of benzene rings is 1. The van der Waals surface area contributed by atoms with Crippen LogP contribution in [0, 0.1) is 6.92 Å². The summed E-state index contributed by atoms with van der Waals surface area (Å²) in [6.45, 7) is 2.71. The number of rotatable bonds is 3. The third-order valence-electron chi connectivity index (χ3n) is 2.87. The van der Waals surface area contributed by atoms with Crippen LogP contribution in [-0.4, -0.2) is 9.38 Å². The number of imidazole rings is 1. The summed E-state index contributed by atoms with van der Waals surface area (Å²) in [6, 6.07) is 5.87. The number of anilines is 1. The van der Waals surface area contributed by atoms with Crippen molar-refractivity contribution >= 4 is 33.6 Å². The van der Waals surface area contributed by atoms with Gasteiger partial charge in [-0.25, -0.2) is 4.98 Å². The molecule has 5 heteroatoms. The Morgan fingerprint density at radius 2 is 2.33 bits per heavy atom. The minimum Gasteiger partial charge on any atom is -0.379 e. The Bertz CT molecular complexity index is 658. The van der Waals surface area contributed by atoms with Gasteiger partial charge in [-0.1, -0.05) is 17.7 Å². The van der Waals surface area contributed by atoms with Crippen molar-refractivity contribution < 1.29 is 0 Å². The molecular formula is C13H12ClN3S. The fraction of sp³-hybridized carbons (Fsp3) is 0.154. The average Bonchev–Trinajstić information content (AvgIpc) is 2.91. The van der Waals surface area contributed by atoms with Crippen LogP contribution in [0.5, 0.6) is 0 Å². The van der Waals surface area contributed by atoms with Gasteiger partial charge in [-0.2, -0.15) is 0 Å². The first kappa shape index (κ1) is 11.6. The maximum atomic E-state index is 6.08. The standard InChI is InChI=1S/C13H12ClN3S/c1-9-11(14)3-2-4-12(9)15-7-10-8-17-5-6-18-13(17)16-10/h2-6,8,15H,7H2,1H3. The van der Waals surface area contributed by atoms with Gasteiger partial charge in [-0.15, -0.1) is 11.3 Å². The van der Waals surface area contributed by atoms with Gasteiger partial charge in [0.15, 0.2) is 4.96 Å². The van der Waals surface area contributed by atoms with E-state index >= 15 is 0 Å². The molecule has 0 fully saturated rings. The lowest BCUT2D eigenvalue weighted by Crippen LogP contribution is -2.01. The number of hydrogen-bond donors (Lipinski definition) is 1. The van der Waals surface area contributed by atoms with Crippen LogP contribution in [0.1, 0.15) is 11.3 Å². The fourth-order valence-corrected chi connectivity index (χ4v) is 2.74.